The Morgan fingerprint density at radius 2 is 0.947 bits per heavy atom. The van der Waals surface area contributed by atoms with Gasteiger partial charge >= 0.3 is 0 Å². The first-order chi connectivity index (χ1) is 18.5. The number of allylic oxidation sites excluding steroid dienone is 1. The summed E-state index contributed by atoms with van der Waals surface area (Å²) in [4.78, 5) is 37.3. The van der Waals surface area contributed by atoms with E-state index in [-0.39, 0.29) is 17.6 Å². The van der Waals surface area contributed by atoms with Gasteiger partial charge in [0, 0.05) is 29.1 Å². The molecule has 0 saturated heterocycles. The highest BCUT2D eigenvalue weighted by atomic mass is 16.2. The molecule has 0 aliphatic carbocycles. The molecule has 38 heavy (non-hydrogen) atoms. The number of rotatable bonds is 9. The molecule has 186 valence electrons. The van der Waals surface area contributed by atoms with Crippen LogP contribution in [-0.2, 0) is 9.59 Å². The average molecular weight is 499 g/mol. The minimum atomic E-state index is -0.286. The maximum Gasteiger partial charge on any atom is 0.248 e. The van der Waals surface area contributed by atoms with Crippen molar-refractivity contribution in [3.8, 4) is 0 Å². The van der Waals surface area contributed by atoms with E-state index >= 15 is 0 Å². The van der Waals surface area contributed by atoms with Crippen LogP contribution in [0.25, 0.3) is 18.2 Å². The minimum Gasteiger partial charge on any atom is -0.322 e. The van der Waals surface area contributed by atoms with Crippen LogP contribution < -0.4 is 10.6 Å². The van der Waals surface area contributed by atoms with E-state index < -0.39 is 0 Å². The second kappa shape index (κ2) is 13.1. The van der Waals surface area contributed by atoms with Crippen LogP contribution in [0.4, 0.5) is 11.4 Å². The summed E-state index contributed by atoms with van der Waals surface area (Å²) in [5, 5.41) is 5.61. The van der Waals surface area contributed by atoms with Crippen LogP contribution in [0.5, 0.6) is 0 Å². The van der Waals surface area contributed by atoms with Crippen molar-refractivity contribution in [1.82, 2.24) is 0 Å². The Balaban J connectivity index is 1.35. The number of ketones is 1. The van der Waals surface area contributed by atoms with Crippen LogP contribution in [0, 0.1) is 0 Å². The zero-order chi connectivity index (χ0) is 26.6. The van der Waals surface area contributed by atoms with Gasteiger partial charge in [-0.2, -0.15) is 0 Å². The number of anilines is 2. The summed E-state index contributed by atoms with van der Waals surface area (Å²) in [7, 11) is 0. The van der Waals surface area contributed by atoms with Gasteiger partial charge in [-0.1, -0.05) is 91.0 Å². The third-order valence-corrected chi connectivity index (χ3v) is 5.45. The fraction of sp³-hybridized carbons (Fsp3) is 0. The van der Waals surface area contributed by atoms with Crippen molar-refractivity contribution in [3.05, 3.63) is 150 Å². The Kier molecular flexibility index (Phi) is 8.92. The lowest BCUT2D eigenvalue weighted by atomic mass is 10.1. The Hall–Kier alpha value is -5.29. The van der Waals surface area contributed by atoms with E-state index in [1.807, 2.05) is 66.7 Å². The van der Waals surface area contributed by atoms with Gasteiger partial charge in [-0.3, -0.25) is 14.4 Å². The van der Waals surface area contributed by atoms with Gasteiger partial charge in [0.05, 0.1) is 0 Å². The lowest BCUT2D eigenvalue weighted by Gasteiger charge is -2.05. The molecule has 5 heteroatoms. The molecule has 0 fully saturated rings. The lowest BCUT2D eigenvalue weighted by molar-refractivity contribution is -0.112. The topological polar surface area (TPSA) is 75.3 Å². The molecular weight excluding hydrogens is 472 g/mol. The van der Waals surface area contributed by atoms with Crippen molar-refractivity contribution in [1.29, 1.82) is 0 Å². The highest BCUT2D eigenvalue weighted by molar-refractivity contribution is 6.08. The Labute approximate surface area is 221 Å². The SMILES string of the molecule is O=C(/C=C/c1ccccc1)Nc1cccc(/C=C/C(=O)c2cccc(NC(=O)/C=C/c3ccccc3)c2)c1. The van der Waals surface area contributed by atoms with E-state index in [2.05, 4.69) is 10.6 Å². The van der Waals surface area contributed by atoms with Crippen molar-refractivity contribution in [2.75, 3.05) is 10.6 Å². The number of hydrogen-bond donors (Lipinski definition) is 2. The summed E-state index contributed by atoms with van der Waals surface area (Å²) in [5.74, 6) is -0.740. The number of nitrogens with one attached hydrogen (secondary N) is 2. The molecule has 0 aliphatic rings. The fourth-order valence-electron chi connectivity index (χ4n) is 3.58. The monoisotopic (exact) mass is 498 g/mol. The molecule has 0 unspecified atom stereocenters. The van der Waals surface area contributed by atoms with Crippen molar-refractivity contribution >= 4 is 47.2 Å². The van der Waals surface area contributed by atoms with Gasteiger partial charge in [0.2, 0.25) is 11.8 Å². The van der Waals surface area contributed by atoms with Gasteiger partial charge in [0.15, 0.2) is 5.78 Å². The second-order valence-corrected chi connectivity index (χ2v) is 8.37. The maximum atomic E-state index is 12.8. The Morgan fingerprint density at radius 1 is 0.474 bits per heavy atom. The third-order valence-electron chi connectivity index (χ3n) is 5.45. The fourth-order valence-corrected chi connectivity index (χ4v) is 3.58. The highest BCUT2D eigenvalue weighted by Crippen LogP contribution is 2.15. The molecule has 2 amide bonds. The van der Waals surface area contributed by atoms with E-state index in [0.29, 0.717) is 16.9 Å². The standard InChI is InChI=1S/C33H26N2O3/c36-31(28-14-8-16-30(24-28)35-33(38)22-19-26-11-5-2-6-12-26)20-17-27-13-7-15-29(23-27)34-32(37)21-18-25-9-3-1-4-10-25/h1-24H,(H,34,37)(H,35,38)/b20-17+,21-18+,22-19+. The second-order valence-electron chi connectivity index (χ2n) is 8.37. The van der Waals surface area contributed by atoms with Crippen molar-refractivity contribution < 1.29 is 14.4 Å². The third kappa shape index (κ3) is 8.14. The largest absolute Gasteiger partial charge is 0.322 e. The van der Waals surface area contributed by atoms with Crippen LogP contribution in [-0.4, -0.2) is 17.6 Å². The maximum absolute atomic E-state index is 12.8. The molecule has 4 aromatic carbocycles. The molecule has 0 bridgehead atoms. The zero-order valence-electron chi connectivity index (χ0n) is 20.6. The van der Waals surface area contributed by atoms with Crippen molar-refractivity contribution in [2.24, 2.45) is 0 Å². The van der Waals surface area contributed by atoms with E-state index in [4.69, 9.17) is 0 Å². The van der Waals surface area contributed by atoms with Crippen LogP contribution in [0.3, 0.4) is 0 Å². The number of hydrogen-bond acceptors (Lipinski definition) is 3. The molecule has 0 spiro atoms. The number of amides is 2. The lowest BCUT2D eigenvalue weighted by Crippen LogP contribution is -2.08. The van der Waals surface area contributed by atoms with Crippen molar-refractivity contribution in [3.63, 3.8) is 0 Å². The molecule has 2 N–H and O–H groups in total. The first-order valence-corrected chi connectivity index (χ1v) is 12.1. The van der Waals surface area contributed by atoms with Crippen LogP contribution in [0.1, 0.15) is 27.0 Å². The van der Waals surface area contributed by atoms with E-state index in [1.165, 1.54) is 18.2 Å². The summed E-state index contributed by atoms with van der Waals surface area (Å²) in [5.41, 5.74) is 4.21. The van der Waals surface area contributed by atoms with Gasteiger partial charge in [0.25, 0.3) is 0 Å². The number of carbonyl (C=O) groups is 3. The predicted octanol–water partition coefficient (Wildman–Crippen LogP) is 6.89. The molecule has 0 atom stereocenters. The van der Waals surface area contributed by atoms with Crippen LogP contribution in [0.2, 0.25) is 0 Å². The number of benzene rings is 4. The summed E-state index contributed by atoms with van der Waals surface area (Å²) >= 11 is 0. The van der Waals surface area contributed by atoms with Crippen LogP contribution in [0.15, 0.2) is 127 Å². The minimum absolute atomic E-state index is 0.207. The quantitative estimate of drug-likeness (QED) is 0.195. The Morgan fingerprint density at radius 3 is 1.53 bits per heavy atom. The molecule has 0 aromatic heterocycles. The number of carbonyl (C=O) groups excluding carboxylic acids is 3. The molecule has 0 aliphatic heterocycles. The summed E-state index contributed by atoms with van der Waals surface area (Å²) < 4.78 is 0. The smallest absolute Gasteiger partial charge is 0.248 e. The summed E-state index contributed by atoms with van der Waals surface area (Å²) in [6.45, 7) is 0. The first-order valence-electron chi connectivity index (χ1n) is 12.1. The van der Waals surface area contributed by atoms with E-state index in [9.17, 15) is 14.4 Å². The summed E-state index contributed by atoms with van der Waals surface area (Å²) in [6.07, 6.45) is 9.55. The molecule has 5 nitrogen and oxygen atoms in total. The zero-order valence-corrected chi connectivity index (χ0v) is 20.6. The average Bonchev–Trinajstić information content (AvgIpc) is 2.95. The van der Waals surface area contributed by atoms with Gasteiger partial charge in [-0.05, 0) is 59.2 Å². The Bertz CT molecular complexity index is 1500. The van der Waals surface area contributed by atoms with Gasteiger partial charge in [0.1, 0.15) is 0 Å². The van der Waals surface area contributed by atoms with E-state index in [0.717, 1.165) is 16.7 Å². The molecule has 4 aromatic rings. The molecule has 0 heterocycles. The van der Waals surface area contributed by atoms with Gasteiger partial charge in [-0.15, -0.1) is 0 Å². The van der Waals surface area contributed by atoms with E-state index in [1.54, 1.807) is 60.7 Å². The normalized spacial score (nSPS) is 11.2. The summed E-state index contributed by atoms with van der Waals surface area (Å²) in [6, 6.07) is 33.1. The van der Waals surface area contributed by atoms with Crippen molar-refractivity contribution in [2.45, 2.75) is 0 Å². The molecular formula is C33H26N2O3. The highest BCUT2D eigenvalue weighted by Gasteiger charge is 2.05. The van der Waals surface area contributed by atoms with Gasteiger partial charge < -0.3 is 10.6 Å². The van der Waals surface area contributed by atoms with Gasteiger partial charge in [-0.25, -0.2) is 0 Å². The molecule has 4 rings (SSSR count). The molecule has 0 radical (unpaired) electrons. The van der Waals surface area contributed by atoms with Crippen LogP contribution >= 0.6 is 0 Å². The molecule has 0 saturated carbocycles. The predicted molar refractivity (Wildman–Crippen MR) is 154 cm³/mol. The first kappa shape index (κ1) is 25.8.